The number of nitrogens with zero attached hydrogens (tertiary/aromatic N) is 3. The Morgan fingerprint density at radius 3 is 2.84 bits per heavy atom. The van der Waals surface area contributed by atoms with Gasteiger partial charge < -0.3 is 9.30 Å². The van der Waals surface area contributed by atoms with E-state index in [1.807, 2.05) is 0 Å². The molecule has 3 aromatic rings. The number of rotatable bonds is 5. The van der Waals surface area contributed by atoms with Crippen LogP contribution in [0.4, 0.5) is 0 Å². The maximum absolute atomic E-state index is 13.1. The molecule has 1 atom stereocenters. The SMILES string of the molecule is C#CCn1c(=NC(=O)C2CCCN2S(=O)(=O)c2cccs2)sc2cc(C(=O)OC)ccc21. The van der Waals surface area contributed by atoms with Crippen molar-refractivity contribution in [3.63, 3.8) is 0 Å². The van der Waals surface area contributed by atoms with Gasteiger partial charge in [0.05, 0.1) is 29.4 Å². The van der Waals surface area contributed by atoms with Crippen LogP contribution in [0.3, 0.4) is 0 Å². The van der Waals surface area contributed by atoms with Crippen molar-refractivity contribution >= 4 is 54.8 Å². The van der Waals surface area contributed by atoms with Crippen LogP contribution in [-0.4, -0.2) is 48.9 Å². The van der Waals surface area contributed by atoms with Crippen LogP contribution in [0.2, 0.25) is 0 Å². The van der Waals surface area contributed by atoms with Gasteiger partial charge >= 0.3 is 5.97 Å². The summed E-state index contributed by atoms with van der Waals surface area (Å²) in [5, 5.41) is 1.69. The number of sulfonamides is 1. The van der Waals surface area contributed by atoms with Crippen molar-refractivity contribution in [3.8, 4) is 12.3 Å². The highest BCUT2D eigenvalue weighted by Gasteiger charge is 2.40. The van der Waals surface area contributed by atoms with E-state index >= 15 is 0 Å². The molecule has 1 amide bonds. The Bertz CT molecular complexity index is 1390. The first-order chi connectivity index (χ1) is 15.4. The van der Waals surface area contributed by atoms with Crippen LogP contribution in [0.1, 0.15) is 23.2 Å². The lowest BCUT2D eigenvalue weighted by molar-refractivity contribution is -0.121. The van der Waals surface area contributed by atoms with Gasteiger partial charge in [0.1, 0.15) is 10.3 Å². The Labute approximate surface area is 192 Å². The van der Waals surface area contributed by atoms with Gasteiger partial charge in [0.25, 0.3) is 15.9 Å². The molecule has 0 spiro atoms. The molecule has 0 N–H and O–H groups in total. The van der Waals surface area contributed by atoms with Crippen molar-refractivity contribution in [1.82, 2.24) is 8.87 Å². The molecule has 1 saturated heterocycles. The van der Waals surface area contributed by atoms with Crippen LogP contribution >= 0.6 is 22.7 Å². The highest BCUT2D eigenvalue weighted by molar-refractivity contribution is 7.91. The van der Waals surface area contributed by atoms with Crippen molar-refractivity contribution in [3.05, 3.63) is 46.1 Å². The van der Waals surface area contributed by atoms with E-state index in [0.717, 1.165) is 16.9 Å². The molecular weight excluding hydrogens is 470 g/mol. The third kappa shape index (κ3) is 4.02. The van der Waals surface area contributed by atoms with Crippen molar-refractivity contribution in [2.45, 2.75) is 29.6 Å². The molecule has 166 valence electrons. The minimum absolute atomic E-state index is 0.172. The van der Waals surface area contributed by atoms with E-state index in [4.69, 9.17) is 11.2 Å². The minimum atomic E-state index is -3.76. The molecule has 1 aromatic carbocycles. The number of benzene rings is 1. The number of thiazole rings is 1. The molecule has 1 fully saturated rings. The van der Waals surface area contributed by atoms with Crippen LogP contribution in [0, 0.1) is 12.3 Å². The fourth-order valence-electron chi connectivity index (χ4n) is 3.62. The number of thiophene rings is 1. The normalized spacial score (nSPS) is 17.5. The first kappa shape index (κ1) is 22.4. The highest BCUT2D eigenvalue weighted by Crippen LogP contribution is 2.29. The van der Waals surface area contributed by atoms with Crippen molar-refractivity contribution in [2.75, 3.05) is 13.7 Å². The predicted octanol–water partition coefficient (Wildman–Crippen LogP) is 2.46. The summed E-state index contributed by atoms with van der Waals surface area (Å²) in [5.41, 5.74) is 1.10. The van der Waals surface area contributed by atoms with Gasteiger partial charge in [0.2, 0.25) is 0 Å². The van der Waals surface area contributed by atoms with Gasteiger partial charge in [-0.2, -0.15) is 9.30 Å². The first-order valence-electron chi connectivity index (χ1n) is 9.66. The molecule has 1 aliphatic heterocycles. The maximum atomic E-state index is 13.1. The Balaban J connectivity index is 1.74. The highest BCUT2D eigenvalue weighted by atomic mass is 32.2. The second-order valence-corrected chi connectivity index (χ2v) is 11.1. The second-order valence-electron chi connectivity index (χ2n) is 7.00. The number of fused-ring (bicyclic) bond motifs is 1. The summed E-state index contributed by atoms with van der Waals surface area (Å²) in [6.07, 6.45) is 6.49. The Hall–Kier alpha value is -2.78. The molecule has 4 rings (SSSR count). The second kappa shape index (κ2) is 8.99. The summed E-state index contributed by atoms with van der Waals surface area (Å²) >= 11 is 2.32. The quantitative estimate of drug-likeness (QED) is 0.405. The number of carbonyl (C=O) groups is 2. The van der Waals surface area contributed by atoms with Crippen LogP contribution in [0.5, 0.6) is 0 Å². The van der Waals surface area contributed by atoms with E-state index in [1.165, 1.54) is 28.8 Å². The number of carbonyl (C=O) groups excluding carboxylic acids is 2. The minimum Gasteiger partial charge on any atom is -0.465 e. The van der Waals surface area contributed by atoms with E-state index in [1.54, 1.807) is 34.2 Å². The Morgan fingerprint density at radius 1 is 1.34 bits per heavy atom. The standard InChI is InChI=1S/C21H19N3O5S3/c1-3-10-23-15-9-8-14(20(26)29-2)13-17(15)31-21(23)22-19(25)16-6-4-11-24(16)32(27,28)18-7-5-12-30-18/h1,5,7-9,12-13,16H,4,6,10-11H2,2H3. The zero-order chi connectivity index (χ0) is 22.9. The Morgan fingerprint density at radius 2 is 2.16 bits per heavy atom. The lowest BCUT2D eigenvalue weighted by Gasteiger charge is -2.20. The third-order valence-electron chi connectivity index (χ3n) is 5.11. The van der Waals surface area contributed by atoms with E-state index in [-0.39, 0.29) is 17.3 Å². The fourth-order valence-corrected chi connectivity index (χ4v) is 7.46. The zero-order valence-corrected chi connectivity index (χ0v) is 19.5. The third-order valence-corrected chi connectivity index (χ3v) is 9.43. The summed E-state index contributed by atoms with van der Waals surface area (Å²) in [6, 6.07) is 7.33. The van der Waals surface area contributed by atoms with Crippen molar-refractivity contribution < 1.29 is 22.7 Å². The summed E-state index contributed by atoms with van der Waals surface area (Å²) in [5.74, 6) is 1.54. The molecule has 1 unspecified atom stereocenters. The van der Waals surface area contributed by atoms with Gasteiger partial charge in [0, 0.05) is 6.54 Å². The van der Waals surface area contributed by atoms with Gasteiger partial charge in [0.15, 0.2) is 4.80 Å². The molecule has 8 nitrogen and oxygen atoms in total. The summed E-state index contributed by atoms with van der Waals surface area (Å²) in [7, 11) is -2.46. The molecule has 32 heavy (non-hydrogen) atoms. The number of hydrogen-bond acceptors (Lipinski definition) is 7. The number of esters is 1. The lowest BCUT2D eigenvalue weighted by Crippen LogP contribution is -2.40. The van der Waals surface area contributed by atoms with Crippen molar-refractivity contribution in [1.29, 1.82) is 0 Å². The molecule has 1 aliphatic rings. The van der Waals surface area contributed by atoms with Gasteiger partial charge in [-0.15, -0.1) is 17.8 Å². The lowest BCUT2D eigenvalue weighted by atomic mass is 10.2. The van der Waals surface area contributed by atoms with E-state index in [2.05, 4.69) is 10.9 Å². The zero-order valence-electron chi connectivity index (χ0n) is 17.1. The number of ether oxygens (including phenoxy) is 1. The van der Waals surface area contributed by atoms with Gasteiger partial charge in [-0.3, -0.25) is 4.79 Å². The summed E-state index contributed by atoms with van der Waals surface area (Å²) in [4.78, 5) is 29.6. The first-order valence-corrected chi connectivity index (χ1v) is 12.8. The predicted molar refractivity (Wildman–Crippen MR) is 122 cm³/mol. The summed E-state index contributed by atoms with van der Waals surface area (Å²) < 4.78 is 34.6. The smallest absolute Gasteiger partial charge is 0.337 e. The number of hydrogen-bond donors (Lipinski definition) is 0. The largest absolute Gasteiger partial charge is 0.465 e. The topological polar surface area (TPSA) is 98.0 Å². The number of methoxy groups -OCH3 is 1. The van der Waals surface area contributed by atoms with Crippen LogP contribution in [-0.2, 0) is 26.1 Å². The molecule has 0 radical (unpaired) electrons. The van der Waals surface area contributed by atoms with Gasteiger partial charge in [-0.1, -0.05) is 23.3 Å². The number of aromatic nitrogens is 1. The number of terminal acetylenes is 1. The Kier molecular flexibility index (Phi) is 6.30. The molecule has 11 heteroatoms. The van der Waals surface area contributed by atoms with Crippen LogP contribution in [0.25, 0.3) is 10.2 Å². The van der Waals surface area contributed by atoms with Crippen LogP contribution in [0.15, 0.2) is 44.9 Å². The monoisotopic (exact) mass is 489 g/mol. The summed E-state index contributed by atoms with van der Waals surface area (Å²) in [6.45, 7) is 0.441. The fraction of sp³-hybridized carbons (Fsp3) is 0.286. The van der Waals surface area contributed by atoms with Gasteiger partial charge in [-0.25, -0.2) is 13.2 Å². The molecule has 2 aromatic heterocycles. The van der Waals surface area contributed by atoms with Crippen LogP contribution < -0.4 is 4.80 Å². The molecule has 0 bridgehead atoms. The van der Waals surface area contributed by atoms with E-state index in [9.17, 15) is 18.0 Å². The van der Waals surface area contributed by atoms with E-state index in [0.29, 0.717) is 27.9 Å². The average molecular weight is 490 g/mol. The number of amides is 1. The molecular formula is C21H19N3O5S3. The molecule has 0 aliphatic carbocycles. The molecule has 3 heterocycles. The molecule has 0 saturated carbocycles. The van der Waals surface area contributed by atoms with Crippen molar-refractivity contribution in [2.24, 2.45) is 4.99 Å². The van der Waals surface area contributed by atoms with Gasteiger partial charge in [-0.05, 0) is 42.5 Å². The average Bonchev–Trinajstić information content (AvgIpc) is 3.53. The maximum Gasteiger partial charge on any atom is 0.337 e. The van der Waals surface area contributed by atoms with E-state index < -0.39 is 27.9 Å².